The summed E-state index contributed by atoms with van der Waals surface area (Å²) in [4.78, 5) is 0. The van der Waals surface area contributed by atoms with Gasteiger partial charge in [0.25, 0.3) is 0 Å². The van der Waals surface area contributed by atoms with Crippen LogP contribution in [0.5, 0.6) is 11.5 Å². The third-order valence-corrected chi connectivity index (χ3v) is 3.53. The Labute approximate surface area is 125 Å². The van der Waals surface area contributed by atoms with Crippen molar-refractivity contribution in [2.24, 2.45) is 0 Å². The second-order valence-electron chi connectivity index (χ2n) is 5.11. The fourth-order valence-electron chi connectivity index (χ4n) is 2.38. The molecule has 1 aromatic carbocycles. The minimum atomic E-state index is -0.373. The molecular weight excluding hydrogens is 266 g/mol. The average molecular weight is 289 g/mol. The summed E-state index contributed by atoms with van der Waals surface area (Å²) in [6.45, 7) is 2.81. The van der Waals surface area contributed by atoms with Crippen LogP contribution in [-0.4, -0.2) is 23.9 Å². The maximum atomic E-state index is 10.0. The van der Waals surface area contributed by atoms with Crippen molar-refractivity contribution in [3.63, 3.8) is 0 Å². The van der Waals surface area contributed by atoms with E-state index in [1.54, 1.807) is 14.2 Å². The number of hydrogen-bond donors (Lipinski definition) is 1. The lowest BCUT2D eigenvalue weighted by molar-refractivity contribution is 0.166. The van der Waals surface area contributed by atoms with Crippen LogP contribution in [0.3, 0.4) is 0 Å². The predicted molar refractivity (Wildman–Crippen MR) is 82.9 cm³/mol. The van der Waals surface area contributed by atoms with Crippen LogP contribution in [-0.2, 0) is 6.54 Å². The van der Waals surface area contributed by atoms with Crippen LogP contribution in [0.2, 0.25) is 0 Å². The van der Waals surface area contributed by atoms with Gasteiger partial charge < -0.3 is 19.1 Å². The summed E-state index contributed by atoms with van der Waals surface area (Å²) in [6, 6.07) is 7.87. The first-order valence-electron chi connectivity index (χ1n) is 7.22. The molecule has 1 unspecified atom stereocenters. The van der Waals surface area contributed by atoms with Crippen LogP contribution in [0.25, 0.3) is 0 Å². The highest BCUT2D eigenvalue weighted by atomic mass is 16.5. The summed E-state index contributed by atoms with van der Waals surface area (Å²) in [5.74, 6) is 1.46. The maximum absolute atomic E-state index is 10.0. The van der Waals surface area contributed by atoms with Crippen molar-refractivity contribution in [2.45, 2.75) is 32.4 Å². The van der Waals surface area contributed by atoms with E-state index >= 15 is 0 Å². The van der Waals surface area contributed by atoms with E-state index in [9.17, 15) is 5.11 Å². The number of nitrogens with zero attached hydrogens (tertiary/aromatic N) is 1. The molecule has 0 saturated carbocycles. The monoisotopic (exact) mass is 289 g/mol. The van der Waals surface area contributed by atoms with Crippen LogP contribution >= 0.6 is 0 Å². The lowest BCUT2D eigenvalue weighted by Crippen LogP contribution is -1.99. The van der Waals surface area contributed by atoms with Crippen molar-refractivity contribution in [1.82, 2.24) is 4.57 Å². The van der Waals surface area contributed by atoms with Gasteiger partial charge in [0, 0.05) is 18.9 Å². The van der Waals surface area contributed by atoms with Crippen molar-refractivity contribution in [3.8, 4) is 11.5 Å². The van der Waals surface area contributed by atoms with Crippen molar-refractivity contribution in [3.05, 3.63) is 47.8 Å². The second kappa shape index (κ2) is 7.18. The number of aromatic nitrogens is 1. The smallest absolute Gasteiger partial charge is 0.161 e. The maximum Gasteiger partial charge on any atom is 0.161 e. The predicted octanol–water partition coefficient (Wildman–Crippen LogP) is 3.39. The highest BCUT2D eigenvalue weighted by Gasteiger charge is 2.09. The number of aliphatic hydroxyl groups is 1. The molecule has 0 aliphatic heterocycles. The van der Waals surface area contributed by atoms with Gasteiger partial charge in [-0.15, -0.1) is 0 Å². The third kappa shape index (κ3) is 3.79. The van der Waals surface area contributed by atoms with E-state index in [-0.39, 0.29) is 6.10 Å². The Morgan fingerprint density at radius 3 is 2.57 bits per heavy atom. The molecule has 0 aliphatic carbocycles. The molecule has 1 atom stereocenters. The van der Waals surface area contributed by atoms with E-state index in [1.807, 2.05) is 36.7 Å². The number of methoxy groups -OCH3 is 2. The molecule has 0 spiro atoms. The minimum absolute atomic E-state index is 0.373. The first kappa shape index (κ1) is 15.4. The molecule has 0 saturated heterocycles. The van der Waals surface area contributed by atoms with Crippen LogP contribution in [0.15, 0.2) is 36.7 Å². The SMILES string of the molecule is CCCC(O)c1ccn(Cc2ccc(OC)c(OC)c2)c1. The molecule has 4 nitrogen and oxygen atoms in total. The molecule has 21 heavy (non-hydrogen) atoms. The zero-order valence-electron chi connectivity index (χ0n) is 12.9. The van der Waals surface area contributed by atoms with Gasteiger partial charge in [-0.3, -0.25) is 0 Å². The van der Waals surface area contributed by atoms with Gasteiger partial charge in [-0.2, -0.15) is 0 Å². The standard InChI is InChI=1S/C17H23NO3/c1-4-5-15(19)14-8-9-18(12-14)11-13-6-7-16(20-2)17(10-13)21-3/h6-10,12,15,19H,4-5,11H2,1-3H3. The zero-order chi connectivity index (χ0) is 15.2. The quantitative estimate of drug-likeness (QED) is 0.849. The van der Waals surface area contributed by atoms with Crippen LogP contribution in [0.4, 0.5) is 0 Å². The Hall–Kier alpha value is -1.94. The first-order valence-corrected chi connectivity index (χ1v) is 7.22. The molecular formula is C17H23NO3. The van der Waals surface area contributed by atoms with E-state index in [0.29, 0.717) is 0 Å². The topological polar surface area (TPSA) is 43.6 Å². The van der Waals surface area contributed by atoms with Gasteiger partial charge in [-0.05, 0) is 35.7 Å². The third-order valence-electron chi connectivity index (χ3n) is 3.53. The average Bonchev–Trinajstić information content (AvgIpc) is 2.96. The van der Waals surface area contributed by atoms with Crippen molar-refractivity contribution < 1.29 is 14.6 Å². The van der Waals surface area contributed by atoms with Crippen molar-refractivity contribution >= 4 is 0 Å². The molecule has 4 heteroatoms. The molecule has 2 aromatic rings. The number of rotatable bonds is 7. The molecule has 0 radical (unpaired) electrons. The fourth-order valence-corrected chi connectivity index (χ4v) is 2.38. The molecule has 0 bridgehead atoms. The van der Waals surface area contributed by atoms with Gasteiger partial charge in [0.1, 0.15) is 0 Å². The largest absolute Gasteiger partial charge is 0.493 e. The van der Waals surface area contributed by atoms with Crippen LogP contribution in [0, 0.1) is 0 Å². The summed E-state index contributed by atoms with van der Waals surface area (Å²) in [5, 5.41) is 10.0. The molecule has 114 valence electrons. The van der Waals surface area contributed by atoms with Gasteiger partial charge in [0.15, 0.2) is 11.5 Å². The number of benzene rings is 1. The second-order valence-corrected chi connectivity index (χ2v) is 5.11. The number of hydrogen-bond acceptors (Lipinski definition) is 3. The van der Waals surface area contributed by atoms with Crippen molar-refractivity contribution in [1.29, 1.82) is 0 Å². The normalized spacial score (nSPS) is 12.2. The van der Waals surface area contributed by atoms with E-state index in [4.69, 9.17) is 9.47 Å². The van der Waals surface area contributed by atoms with Gasteiger partial charge in [-0.1, -0.05) is 19.4 Å². The van der Waals surface area contributed by atoms with E-state index in [1.165, 1.54) is 0 Å². The fraction of sp³-hybridized carbons (Fsp3) is 0.412. The molecule has 2 rings (SSSR count). The molecule has 1 aromatic heterocycles. The van der Waals surface area contributed by atoms with Crippen LogP contribution < -0.4 is 9.47 Å². The Morgan fingerprint density at radius 2 is 1.90 bits per heavy atom. The number of aliphatic hydroxyl groups excluding tert-OH is 1. The Bertz CT molecular complexity index is 577. The van der Waals surface area contributed by atoms with Gasteiger partial charge >= 0.3 is 0 Å². The lowest BCUT2D eigenvalue weighted by atomic mass is 10.1. The highest BCUT2D eigenvalue weighted by Crippen LogP contribution is 2.28. The molecule has 0 aliphatic rings. The van der Waals surface area contributed by atoms with Gasteiger partial charge in [0.05, 0.1) is 20.3 Å². The molecule has 1 N–H and O–H groups in total. The summed E-state index contributed by atoms with van der Waals surface area (Å²) >= 11 is 0. The Balaban J connectivity index is 2.11. The summed E-state index contributed by atoms with van der Waals surface area (Å²) in [6.07, 6.45) is 5.38. The summed E-state index contributed by atoms with van der Waals surface area (Å²) in [7, 11) is 3.27. The van der Waals surface area contributed by atoms with E-state index in [0.717, 1.165) is 42.0 Å². The summed E-state index contributed by atoms with van der Waals surface area (Å²) in [5.41, 5.74) is 2.09. The van der Waals surface area contributed by atoms with Gasteiger partial charge in [0.2, 0.25) is 0 Å². The van der Waals surface area contributed by atoms with Crippen molar-refractivity contribution in [2.75, 3.05) is 14.2 Å². The van der Waals surface area contributed by atoms with Crippen LogP contribution in [0.1, 0.15) is 37.0 Å². The van der Waals surface area contributed by atoms with E-state index in [2.05, 4.69) is 11.5 Å². The Kier molecular flexibility index (Phi) is 5.28. The number of ether oxygens (including phenoxy) is 2. The van der Waals surface area contributed by atoms with Gasteiger partial charge in [-0.25, -0.2) is 0 Å². The molecule has 0 fully saturated rings. The highest BCUT2D eigenvalue weighted by molar-refractivity contribution is 5.43. The molecule has 0 amide bonds. The summed E-state index contributed by atoms with van der Waals surface area (Å²) < 4.78 is 12.6. The zero-order valence-corrected chi connectivity index (χ0v) is 12.9. The minimum Gasteiger partial charge on any atom is -0.493 e. The Morgan fingerprint density at radius 1 is 1.14 bits per heavy atom. The first-order chi connectivity index (χ1) is 10.2. The van der Waals surface area contributed by atoms with E-state index < -0.39 is 0 Å². The molecule has 1 heterocycles. The lowest BCUT2D eigenvalue weighted by Gasteiger charge is -2.10.